The van der Waals surface area contributed by atoms with Gasteiger partial charge in [-0.05, 0) is 47.5 Å². The van der Waals surface area contributed by atoms with Gasteiger partial charge in [0.25, 0.3) is 11.8 Å². The number of halogens is 1. The number of para-hydroxylation sites is 1. The zero-order valence-electron chi connectivity index (χ0n) is 15.9. The molecule has 29 heavy (non-hydrogen) atoms. The molecule has 0 unspecified atom stereocenters. The summed E-state index contributed by atoms with van der Waals surface area (Å²) in [5.41, 5.74) is 2.65. The molecule has 0 spiro atoms. The Bertz CT molecular complexity index is 986. The van der Waals surface area contributed by atoms with Crippen molar-refractivity contribution < 1.29 is 18.7 Å². The molecule has 3 rings (SSSR count). The van der Waals surface area contributed by atoms with Crippen molar-refractivity contribution in [3.63, 3.8) is 0 Å². The monoisotopic (exact) mass is 392 g/mol. The molecule has 0 saturated heterocycles. The summed E-state index contributed by atoms with van der Waals surface area (Å²) in [4.78, 5) is 24.2. The first-order valence-electron chi connectivity index (χ1n) is 9.12. The molecule has 3 aromatic carbocycles. The molecule has 0 aliphatic carbocycles. The van der Waals surface area contributed by atoms with E-state index in [0.29, 0.717) is 23.4 Å². The van der Waals surface area contributed by atoms with Crippen molar-refractivity contribution in [2.45, 2.75) is 13.2 Å². The minimum Gasteiger partial charge on any atom is -0.488 e. The smallest absolute Gasteiger partial charge is 0.255 e. The Morgan fingerprint density at radius 1 is 0.862 bits per heavy atom. The number of amides is 2. The summed E-state index contributed by atoms with van der Waals surface area (Å²) in [6.07, 6.45) is 0. The predicted molar refractivity (Wildman–Crippen MR) is 108 cm³/mol. The summed E-state index contributed by atoms with van der Waals surface area (Å²) < 4.78 is 18.8. The van der Waals surface area contributed by atoms with Gasteiger partial charge in [0.05, 0.1) is 5.56 Å². The fourth-order valence-corrected chi connectivity index (χ4v) is 2.72. The fraction of sp³-hybridized carbons (Fsp3) is 0.130. The average molecular weight is 392 g/mol. The maximum absolute atomic E-state index is 13.0. The number of carbonyl (C=O) groups is 2. The summed E-state index contributed by atoms with van der Waals surface area (Å²) in [6.45, 7) is 0.546. The van der Waals surface area contributed by atoms with Crippen molar-refractivity contribution in [2.75, 3.05) is 7.05 Å². The molecule has 0 aliphatic rings. The quantitative estimate of drug-likeness (QED) is 0.644. The molecule has 0 bridgehead atoms. The van der Waals surface area contributed by atoms with Crippen molar-refractivity contribution >= 4 is 11.8 Å². The molecule has 2 N–H and O–H groups in total. The maximum Gasteiger partial charge on any atom is 0.255 e. The van der Waals surface area contributed by atoms with Crippen LogP contribution in [0.3, 0.4) is 0 Å². The van der Waals surface area contributed by atoms with E-state index in [-0.39, 0.29) is 24.2 Å². The van der Waals surface area contributed by atoms with Crippen LogP contribution in [0.25, 0.3) is 0 Å². The number of nitrogens with one attached hydrogen (secondary N) is 2. The van der Waals surface area contributed by atoms with Crippen molar-refractivity contribution in [1.29, 1.82) is 0 Å². The second kappa shape index (κ2) is 9.50. The number of hydrogen-bond acceptors (Lipinski definition) is 3. The van der Waals surface area contributed by atoms with E-state index in [1.165, 1.54) is 12.1 Å². The highest BCUT2D eigenvalue weighted by Crippen LogP contribution is 2.20. The molecule has 0 atom stereocenters. The van der Waals surface area contributed by atoms with E-state index >= 15 is 0 Å². The van der Waals surface area contributed by atoms with Crippen LogP contribution in [-0.4, -0.2) is 18.9 Å². The lowest BCUT2D eigenvalue weighted by Gasteiger charge is -2.12. The van der Waals surface area contributed by atoms with Crippen molar-refractivity contribution in [3.8, 4) is 5.75 Å². The maximum atomic E-state index is 13.0. The molecule has 3 aromatic rings. The fourth-order valence-electron chi connectivity index (χ4n) is 2.72. The molecule has 0 fully saturated rings. The Hall–Kier alpha value is -3.67. The summed E-state index contributed by atoms with van der Waals surface area (Å²) in [7, 11) is 1.58. The Morgan fingerprint density at radius 3 is 2.21 bits per heavy atom. The predicted octanol–water partition coefficient (Wildman–Crippen LogP) is 3.69. The van der Waals surface area contributed by atoms with Crippen LogP contribution in [0, 0.1) is 5.82 Å². The molecule has 0 saturated carbocycles. The summed E-state index contributed by atoms with van der Waals surface area (Å²) >= 11 is 0. The van der Waals surface area contributed by atoms with Crippen LogP contribution in [0.5, 0.6) is 5.75 Å². The lowest BCUT2D eigenvalue weighted by molar-refractivity contribution is 0.0942. The third-order valence-electron chi connectivity index (χ3n) is 4.34. The lowest BCUT2D eigenvalue weighted by Crippen LogP contribution is -2.23. The Balaban J connectivity index is 1.62. The molecule has 5 nitrogen and oxygen atoms in total. The van der Waals surface area contributed by atoms with Gasteiger partial charge >= 0.3 is 0 Å². The van der Waals surface area contributed by atoms with Gasteiger partial charge in [0.1, 0.15) is 18.2 Å². The second-order valence-electron chi connectivity index (χ2n) is 6.37. The van der Waals surface area contributed by atoms with Crippen LogP contribution >= 0.6 is 0 Å². The van der Waals surface area contributed by atoms with E-state index in [1.54, 1.807) is 67.7 Å². The van der Waals surface area contributed by atoms with Gasteiger partial charge in [0.2, 0.25) is 0 Å². The zero-order chi connectivity index (χ0) is 20.6. The van der Waals surface area contributed by atoms with Crippen LogP contribution in [0.2, 0.25) is 0 Å². The molecular formula is C23H21FN2O3. The first-order valence-corrected chi connectivity index (χ1v) is 9.12. The van der Waals surface area contributed by atoms with Gasteiger partial charge in [0, 0.05) is 19.2 Å². The van der Waals surface area contributed by atoms with Crippen LogP contribution in [0.4, 0.5) is 4.39 Å². The summed E-state index contributed by atoms with van der Waals surface area (Å²) in [5, 5.41) is 5.42. The topological polar surface area (TPSA) is 67.4 Å². The molecule has 0 aromatic heterocycles. The van der Waals surface area contributed by atoms with Gasteiger partial charge in [-0.1, -0.05) is 36.4 Å². The zero-order valence-corrected chi connectivity index (χ0v) is 15.9. The number of ether oxygens (including phenoxy) is 1. The van der Waals surface area contributed by atoms with E-state index in [4.69, 9.17) is 4.74 Å². The minimum atomic E-state index is -0.308. The first kappa shape index (κ1) is 20.1. The second-order valence-corrected chi connectivity index (χ2v) is 6.37. The van der Waals surface area contributed by atoms with Crippen molar-refractivity contribution in [2.24, 2.45) is 0 Å². The molecule has 2 amide bonds. The van der Waals surface area contributed by atoms with Gasteiger partial charge in [-0.2, -0.15) is 0 Å². The van der Waals surface area contributed by atoms with E-state index in [0.717, 1.165) is 11.1 Å². The summed E-state index contributed by atoms with van der Waals surface area (Å²) in [6, 6.07) is 20.0. The molecule has 0 radical (unpaired) electrons. The highest BCUT2D eigenvalue weighted by molar-refractivity contribution is 5.97. The van der Waals surface area contributed by atoms with E-state index in [1.807, 2.05) is 0 Å². The molecular weight excluding hydrogens is 371 g/mol. The first-order chi connectivity index (χ1) is 14.1. The lowest BCUT2D eigenvalue weighted by atomic mass is 10.1. The third-order valence-corrected chi connectivity index (χ3v) is 4.34. The van der Waals surface area contributed by atoms with E-state index in [2.05, 4.69) is 10.6 Å². The van der Waals surface area contributed by atoms with Gasteiger partial charge in [0.15, 0.2) is 0 Å². The number of benzene rings is 3. The SMILES string of the molecule is CNC(=O)c1ccc(CNC(=O)c2ccccc2OCc2ccc(F)cc2)cc1. The van der Waals surface area contributed by atoms with Crippen LogP contribution in [-0.2, 0) is 13.2 Å². The molecule has 6 heteroatoms. The third kappa shape index (κ3) is 5.42. The van der Waals surface area contributed by atoms with E-state index in [9.17, 15) is 14.0 Å². The standard InChI is InChI=1S/C23H21FN2O3/c1-25-22(27)18-10-6-16(7-11-18)14-26-23(28)20-4-2-3-5-21(20)29-15-17-8-12-19(24)13-9-17/h2-13H,14-15H2,1H3,(H,25,27)(H,26,28). The van der Waals surface area contributed by atoms with Gasteiger partial charge in [-0.25, -0.2) is 4.39 Å². The van der Waals surface area contributed by atoms with Gasteiger partial charge in [-0.3, -0.25) is 9.59 Å². The van der Waals surface area contributed by atoms with Crippen LogP contribution in [0.1, 0.15) is 31.8 Å². The Labute approximate surface area is 168 Å². The largest absolute Gasteiger partial charge is 0.488 e. The number of rotatable bonds is 7. The minimum absolute atomic E-state index is 0.159. The van der Waals surface area contributed by atoms with Crippen LogP contribution < -0.4 is 15.4 Å². The average Bonchev–Trinajstić information content (AvgIpc) is 2.77. The molecule has 148 valence electrons. The number of hydrogen-bond donors (Lipinski definition) is 2. The molecule has 0 aliphatic heterocycles. The highest BCUT2D eigenvalue weighted by atomic mass is 19.1. The van der Waals surface area contributed by atoms with Gasteiger partial charge < -0.3 is 15.4 Å². The Kier molecular flexibility index (Phi) is 6.58. The summed E-state index contributed by atoms with van der Waals surface area (Å²) in [5.74, 6) is -0.288. The molecule has 0 heterocycles. The number of carbonyl (C=O) groups excluding carboxylic acids is 2. The van der Waals surface area contributed by atoms with Gasteiger partial charge in [-0.15, -0.1) is 0 Å². The highest BCUT2D eigenvalue weighted by Gasteiger charge is 2.12. The normalized spacial score (nSPS) is 10.3. The van der Waals surface area contributed by atoms with E-state index < -0.39 is 0 Å². The van der Waals surface area contributed by atoms with Crippen molar-refractivity contribution in [3.05, 3.63) is 101 Å². The van der Waals surface area contributed by atoms with Crippen molar-refractivity contribution in [1.82, 2.24) is 10.6 Å². The Morgan fingerprint density at radius 2 is 1.52 bits per heavy atom. The van der Waals surface area contributed by atoms with Crippen LogP contribution in [0.15, 0.2) is 72.8 Å².